The molecule has 13 heavy (non-hydrogen) atoms. The first kappa shape index (κ1) is 9.30. The second-order valence-electron chi connectivity index (χ2n) is 4.50. The molecular formula is C11H13BrO. The topological polar surface area (TPSA) is 20.2 Å². The molecule has 0 heterocycles. The fourth-order valence-electron chi connectivity index (χ4n) is 2.61. The largest absolute Gasteiger partial charge is 0.388 e. The minimum atomic E-state index is -0.734. The Balaban J connectivity index is 2.38. The molecule has 2 saturated carbocycles. The van der Waals surface area contributed by atoms with Crippen molar-refractivity contribution in [3.05, 3.63) is 12.2 Å². The van der Waals surface area contributed by atoms with Gasteiger partial charge in [-0.2, -0.15) is 0 Å². The Morgan fingerprint density at radius 3 is 2.69 bits per heavy atom. The van der Waals surface area contributed by atoms with Crippen LogP contribution in [0, 0.1) is 17.8 Å². The normalized spacial score (nSPS) is 52.9. The third-order valence-corrected chi connectivity index (χ3v) is 5.55. The van der Waals surface area contributed by atoms with Crippen LogP contribution in [0.3, 0.4) is 0 Å². The summed E-state index contributed by atoms with van der Waals surface area (Å²) in [6.45, 7) is 6.08. The highest BCUT2D eigenvalue weighted by Gasteiger charge is 2.77. The maximum Gasteiger partial charge on any atom is 0.0864 e. The molecule has 1 nitrogen and oxygen atoms in total. The summed E-state index contributed by atoms with van der Waals surface area (Å²) in [4.78, 5) is 0. The summed E-state index contributed by atoms with van der Waals surface area (Å²) < 4.78 is -0.0361. The quantitative estimate of drug-likeness (QED) is 0.424. The summed E-state index contributed by atoms with van der Waals surface area (Å²) in [7, 11) is 0. The fourth-order valence-corrected chi connectivity index (χ4v) is 3.68. The molecular weight excluding hydrogens is 228 g/mol. The minimum absolute atomic E-state index is 0.0361. The molecule has 3 atom stereocenters. The second-order valence-corrected chi connectivity index (χ2v) is 5.86. The molecule has 2 fully saturated rings. The minimum Gasteiger partial charge on any atom is -0.388 e. The van der Waals surface area contributed by atoms with E-state index in [1.54, 1.807) is 0 Å². The molecule has 1 unspecified atom stereocenters. The van der Waals surface area contributed by atoms with Gasteiger partial charge in [0.1, 0.15) is 0 Å². The molecule has 0 aromatic rings. The van der Waals surface area contributed by atoms with E-state index in [1.165, 1.54) is 0 Å². The molecule has 0 aromatic heterocycles. The maximum absolute atomic E-state index is 10.4. The van der Waals surface area contributed by atoms with E-state index in [1.807, 2.05) is 0 Å². The molecule has 0 amide bonds. The van der Waals surface area contributed by atoms with Gasteiger partial charge in [-0.1, -0.05) is 35.0 Å². The average Bonchev–Trinajstić information content (AvgIpc) is 2.53. The highest BCUT2D eigenvalue weighted by Crippen LogP contribution is 2.77. The van der Waals surface area contributed by atoms with Gasteiger partial charge in [-0.3, -0.25) is 0 Å². The number of hydrogen-bond acceptors (Lipinski definition) is 1. The number of rotatable bonds is 1. The molecule has 0 spiro atoms. The summed E-state index contributed by atoms with van der Waals surface area (Å²) in [5, 5.41) is 10.4. The molecule has 0 aromatic carbocycles. The molecule has 70 valence electrons. The van der Waals surface area contributed by atoms with Crippen LogP contribution in [0.2, 0.25) is 0 Å². The lowest BCUT2D eigenvalue weighted by Crippen LogP contribution is -2.35. The monoisotopic (exact) mass is 240 g/mol. The molecule has 2 aliphatic rings. The zero-order chi connectivity index (χ0) is 9.91. The first-order chi connectivity index (χ1) is 5.90. The van der Waals surface area contributed by atoms with Crippen LogP contribution < -0.4 is 0 Å². The summed E-state index contributed by atoms with van der Waals surface area (Å²) in [6.07, 6.45) is 7.29. The SMILES string of the molecule is C#CCC1(O)CC(=C)[C@@]2(Br)C[C@@]12C. The Morgan fingerprint density at radius 2 is 2.38 bits per heavy atom. The molecule has 0 bridgehead atoms. The number of halogens is 1. The van der Waals surface area contributed by atoms with E-state index < -0.39 is 5.60 Å². The van der Waals surface area contributed by atoms with Crippen LogP contribution >= 0.6 is 15.9 Å². The van der Waals surface area contributed by atoms with E-state index >= 15 is 0 Å². The van der Waals surface area contributed by atoms with Crippen molar-refractivity contribution in [1.29, 1.82) is 0 Å². The van der Waals surface area contributed by atoms with Crippen LogP contribution in [-0.2, 0) is 0 Å². The van der Waals surface area contributed by atoms with Gasteiger partial charge in [0.15, 0.2) is 0 Å². The van der Waals surface area contributed by atoms with Gasteiger partial charge < -0.3 is 5.11 Å². The number of hydrogen-bond donors (Lipinski definition) is 1. The Hall–Kier alpha value is -0.260. The van der Waals surface area contributed by atoms with Crippen LogP contribution in [0.15, 0.2) is 12.2 Å². The summed E-state index contributed by atoms with van der Waals surface area (Å²) >= 11 is 3.66. The predicted molar refractivity (Wildman–Crippen MR) is 56.5 cm³/mol. The van der Waals surface area contributed by atoms with Gasteiger partial charge >= 0.3 is 0 Å². The van der Waals surface area contributed by atoms with Gasteiger partial charge in [-0.15, -0.1) is 12.3 Å². The van der Waals surface area contributed by atoms with Crippen LogP contribution in [0.5, 0.6) is 0 Å². The molecule has 2 rings (SSSR count). The van der Waals surface area contributed by atoms with Gasteiger partial charge in [0.25, 0.3) is 0 Å². The lowest BCUT2D eigenvalue weighted by Gasteiger charge is -2.28. The van der Waals surface area contributed by atoms with Crippen LogP contribution in [0.25, 0.3) is 0 Å². The molecule has 2 aliphatic carbocycles. The first-order valence-corrected chi connectivity index (χ1v) is 5.22. The lowest BCUT2D eigenvalue weighted by atomic mass is 9.84. The highest BCUT2D eigenvalue weighted by molar-refractivity contribution is 9.10. The Bertz CT molecular complexity index is 329. The predicted octanol–water partition coefficient (Wildman–Crippen LogP) is 2.24. The average molecular weight is 241 g/mol. The van der Waals surface area contributed by atoms with E-state index in [-0.39, 0.29) is 9.74 Å². The Labute approximate surface area is 87.3 Å². The third-order valence-electron chi connectivity index (χ3n) is 3.83. The second kappa shape index (κ2) is 2.21. The van der Waals surface area contributed by atoms with E-state index in [4.69, 9.17) is 6.42 Å². The van der Waals surface area contributed by atoms with Crippen molar-refractivity contribution in [1.82, 2.24) is 0 Å². The zero-order valence-corrected chi connectivity index (χ0v) is 9.32. The first-order valence-electron chi connectivity index (χ1n) is 4.43. The van der Waals surface area contributed by atoms with E-state index in [0.717, 1.165) is 12.0 Å². The van der Waals surface area contributed by atoms with Gasteiger partial charge in [0.05, 0.1) is 9.93 Å². The molecule has 0 saturated heterocycles. The van der Waals surface area contributed by atoms with Crippen molar-refractivity contribution in [3.63, 3.8) is 0 Å². The third kappa shape index (κ3) is 0.825. The van der Waals surface area contributed by atoms with Crippen LogP contribution in [0.1, 0.15) is 26.2 Å². The van der Waals surface area contributed by atoms with Gasteiger partial charge in [-0.25, -0.2) is 0 Å². The zero-order valence-electron chi connectivity index (χ0n) is 7.73. The van der Waals surface area contributed by atoms with Crippen molar-refractivity contribution in [2.45, 2.75) is 36.1 Å². The van der Waals surface area contributed by atoms with Crippen molar-refractivity contribution >= 4 is 15.9 Å². The smallest absolute Gasteiger partial charge is 0.0864 e. The van der Waals surface area contributed by atoms with Crippen molar-refractivity contribution < 1.29 is 5.11 Å². The van der Waals surface area contributed by atoms with E-state index in [2.05, 4.69) is 35.4 Å². The van der Waals surface area contributed by atoms with Crippen molar-refractivity contribution in [2.24, 2.45) is 5.41 Å². The summed E-state index contributed by atoms with van der Waals surface area (Å²) in [6, 6.07) is 0. The van der Waals surface area contributed by atoms with Gasteiger partial charge in [-0.05, 0) is 12.8 Å². The van der Waals surface area contributed by atoms with Crippen molar-refractivity contribution in [2.75, 3.05) is 0 Å². The Morgan fingerprint density at radius 1 is 1.77 bits per heavy atom. The highest BCUT2D eigenvalue weighted by atomic mass is 79.9. The van der Waals surface area contributed by atoms with Gasteiger partial charge in [0, 0.05) is 11.8 Å². The molecule has 2 heteroatoms. The number of alkyl halides is 1. The molecule has 0 aliphatic heterocycles. The molecule has 1 N–H and O–H groups in total. The van der Waals surface area contributed by atoms with E-state index in [9.17, 15) is 5.11 Å². The number of terminal acetylenes is 1. The van der Waals surface area contributed by atoms with Crippen molar-refractivity contribution in [3.8, 4) is 12.3 Å². The lowest BCUT2D eigenvalue weighted by molar-refractivity contribution is -0.00678. The number of fused-ring (bicyclic) bond motifs is 1. The van der Waals surface area contributed by atoms with Crippen LogP contribution in [0.4, 0.5) is 0 Å². The number of aliphatic hydroxyl groups is 1. The van der Waals surface area contributed by atoms with Gasteiger partial charge in [0.2, 0.25) is 0 Å². The summed E-state index contributed by atoms with van der Waals surface area (Å²) in [5.41, 5.74) is 0.263. The maximum atomic E-state index is 10.4. The fraction of sp³-hybridized carbons (Fsp3) is 0.636. The Kier molecular flexibility index (Phi) is 1.58. The molecule has 0 radical (unpaired) electrons. The van der Waals surface area contributed by atoms with Crippen LogP contribution in [-0.4, -0.2) is 15.0 Å². The standard InChI is InChI=1S/C11H13BrO/c1-4-5-10(13)6-8(2)11(12)7-9(10,11)3/h1,13H,2,5-7H2,3H3/t9-,10?,11-/m0/s1. The summed E-state index contributed by atoms with van der Waals surface area (Å²) in [5.74, 6) is 2.56. The van der Waals surface area contributed by atoms with E-state index in [0.29, 0.717) is 12.8 Å².